The Balaban J connectivity index is 2.44. The molecule has 2 aromatic rings. The van der Waals surface area contributed by atoms with Gasteiger partial charge in [-0.2, -0.15) is 0 Å². The lowest BCUT2D eigenvalue weighted by molar-refractivity contribution is -0.418. The van der Waals surface area contributed by atoms with Crippen LogP contribution in [0.3, 0.4) is 0 Å². The number of ketones is 1. The molecule has 1 aliphatic carbocycles. The van der Waals surface area contributed by atoms with Gasteiger partial charge in [-0.15, -0.1) is 0 Å². The Morgan fingerprint density at radius 3 is 1.97 bits per heavy atom. The molecule has 150 valence electrons. The summed E-state index contributed by atoms with van der Waals surface area (Å²) in [6, 6.07) is 13.5. The molecule has 0 fully saturated rings. The van der Waals surface area contributed by atoms with Crippen LogP contribution in [0.4, 0.5) is 0 Å². The van der Waals surface area contributed by atoms with Gasteiger partial charge in [0.05, 0.1) is 34.0 Å². The molecule has 0 atom stereocenters. The van der Waals surface area contributed by atoms with Crippen LogP contribution in [0.2, 0.25) is 0 Å². The first-order chi connectivity index (χ1) is 14.2. The van der Waals surface area contributed by atoms with Gasteiger partial charge in [0.25, 0.3) is 7.11 Å². The molecular weight excluding hydrogens is 368 g/mol. The minimum Gasteiger partial charge on any atom is -0.497 e. The van der Waals surface area contributed by atoms with E-state index < -0.39 is 0 Å². The fourth-order valence-corrected chi connectivity index (χ4v) is 3.37. The van der Waals surface area contributed by atoms with Crippen LogP contribution in [0, 0.1) is 0 Å². The molecule has 5 heteroatoms. The highest BCUT2D eigenvalue weighted by Crippen LogP contribution is 2.42. The van der Waals surface area contributed by atoms with Crippen LogP contribution in [0.1, 0.15) is 11.1 Å². The van der Waals surface area contributed by atoms with Crippen molar-refractivity contribution in [1.29, 1.82) is 0 Å². The molecule has 0 heterocycles. The van der Waals surface area contributed by atoms with E-state index in [-0.39, 0.29) is 0 Å². The van der Waals surface area contributed by atoms with Crippen molar-refractivity contribution in [3.8, 4) is 17.2 Å². The van der Waals surface area contributed by atoms with Crippen LogP contribution in [-0.4, -0.2) is 41.3 Å². The van der Waals surface area contributed by atoms with Crippen molar-refractivity contribution >= 4 is 11.4 Å². The van der Waals surface area contributed by atoms with Gasteiger partial charge in [0.2, 0.25) is 0 Å². The van der Waals surface area contributed by atoms with E-state index in [4.69, 9.17) is 23.4 Å². The summed E-state index contributed by atoms with van der Waals surface area (Å²) in [7, 11) is 8.21. The van der Waals surface area contributed by atoms with Gasteiger partial charge in [0, 0.05) is 11.6 Å². The number of rotatable bonds is 6. The van der Waals surface area contributed by atoms with E-state index in [2.05, 4.69) is 0 Å². The average Bonchev–Trinajstić information content (AvgIpc) is 2.79. The molecule has 0 unspecified atom stereocenters. The van der Waals surface area contributed by atoms with Gasteiger partial charge >= 0.3 is 5.78 Å². The second-order valence-electron chi connectivity index (χ2n) is 6.18. The predicted molar refractivity (Wildman–Crippen MR) is 114 cm³/mol. The summed E-state index contributed by atoms with van der Waals surface area (Å²) < 4.78 is 28.1. The molecule has 29 heavy (non-hydrogen) atoms. The topological polar surface area (TPSA) is 48.2 Å². The molecule has 0 saturated carbocycles. The van der Waals surface area contributed by atoms with Gasteiger partial charge in [-0.1, -0.05) is 18.2 Å². The molecule has 0 radical (unpaired) electrons. The van der Waals surface area contributed by atoms with Crippen LogP contribution in [0.5, 0.6) is 17.2 Å². The van der Waals surface area contributed by atoms with Gasteiger partial charge in [-0.05, 0) is 42.0 Å². The van der Waals surface area contributed by atoms with Crippen molar-refractivity contribution in [3.05, 3.63) is 83.2 Å². The fraction of sp³-hybridized carbons (Fsp3) is 0.208. The third kappa shape index (κ3) is 3.90. The fourth-order valence-electron chi connectivity index (χ4n) is 3.37. The molecule has 0 amide bonds. The average molecular weight is 393 g/mol. The molecule has 0 spiro atoms. The maximum absolute atomic E-state index is 5.70. The van der Waals surface area contributed by atoms with Gasteiger partial charge in [-0.3, -0.25) is 4.42 Å². The molecule has 0 saturated heterocycles. The largest absolute Gasteiger partial charge is 0.497 e. The number of hydrogen-bond donors (Lipinski definition) is 0. The first-order valence-corrected chi connectivity index (χ1v) is 9.12. The van der Waals surface area contributed by atoms with Crippen molar-refractivity contribution < 1.29 is 23.4 Å². The highest BCUT2D eigenvalue weighted by Gasteiger charge is 2.31. The molecular formula is C24H25O5+. The normalized spacial score (nSPS) is 16.3. The van der Waals surface area contributed by atoms with E-state index in [0.717, 1.165) is 28.0 Å². The van der Waals surface area contributed by atoms with Crippen LogP contribution >= 0.6 is 0 Å². The Labute approximate surface area is 171 Å². The summed E-state index contributed by atoms with van der Waals surface area (Å²) in [5.41, 5.74) is 3.43. The number of hydrogen-bond acceptors (Lipinski definition) is 4. The van der Waals surface area contributed by atoms with Gasteiger partial charge in [-0.25, -0.2) is 0 Å². The standard InChI is InChI=1S/C24H25O5/c1-25-17-14-12-16(13-15-17)22(23-18(26-2)8-6-9-19(23)27-3)24-20(28-4)10-7-11-21(24)29-5/h6-15H,1-5H3/q+1. The zero-order chi connectivity index (χ0) is 20.8. The molecule has 2 aromatic carbocycles. The third-order valence-corrected chi connectivity index (χ3v) is 4.73. The van der Waals surface area contributed by atoms with Crippen molar-refractivity contribution in [1.82, 2.24) is 0 Å². The zero-order valence-electron chi connectivity index (χ0n) is 17.3. The second-order valence-corrected chi connectivity index (χ2v) is 6.18. The highest BCUT2D eigenvalue weighted by molar-refractivity contribution is 6.16. The Kier molecular flexibility index (Phi) is 6.39. The Morgan fingerprint density at radius 1 is 0.793 bits per heavy atom. The lowest BCUT2D eigenvalue weighted by Crippen LogP contribution is -2.13. The number of allylic oxidation sites excluding steroid dienone is 4. The zero-order valence-corrected chi connectivity index (χ0v) is 17.3. The van der Waals surface area contributed by atoms with Crippen LogP contribution in [-0.2, 0) is 9.16 Å². The highest BCUT2D eigenvalue weighted by atomic mass is 16.5. The van der Waals surface area contributed by atoms with Crippen LogP contribution in [0.15, 0.2) is 72.0 Å². The van der Waals surface area contributed by atoms with Crippen molar-refractivity contribution in [2.75, 3.05) is 35.5 Å². The van der Waals surface area contributed by atoms with E-state index in [1.807, 2.05) is 60.7 Å². The van der Waals surface area contributed by atoms with E-state index in [9.17, 15) is 0 Å². The Bertz CT molecular complexity index is 972. The summed E-state index contributed by atoms with van der Waals surface area (Å²) in [5.74, 6) is 3.50. The van der Waals surface area contributed by atoms with E-state index in [0.29, 0.717) is 23.0 Å². The smallest absolute Gasteiger partial charge is 0.354 e. The molecule has 0 N–H and O–H groups in total. The van der Waals surface area contributed by atoms with E-state index >= 15 is 0 Å². The van der Waals surface area contributed by atoms with Crippen molar-refractivity contribution in [2.45, 2.75) is 0 Å². The van der Waals surface area contributed by atoms with Crippen LogP contribution in [0.25, 0.3) is 5.57 Å². The predicted octanol–water partition coefficient (Wildman–Crippen LogP) is 4.35. The van der Waals surface area contributed by atoms with E-state index in [1.54, 1.807) is 35.5 Å². The maximum Gasteiger partial charge on any atom is 0.354 e. The minimum absolute atomic E-state index is 0.683. The molecule has 1 aliphatic rings. The quantitative estimate of drug-likeness (QED) is 0.541. The first kappa shape index (κ1) is 20.3. The summed E-state index contributed by atoms with van der Waals surface area (Å²) in [5, 5.41) is 0. The number of benzene rings is 2. The lowest BCUT2D eigenvalue weighted by atomic mass is 9.87. The third-order valence-electron chi connectivity index (χ3n) is 4.73. The van der Waals surface area contributed by atoms with E-state index in [1.165, 1.54) is 0 Å². The first-order valence-electron chi connectivity index (χ1n) is 9.12. The molecule has 0 bridgehead atoms. The monoisotopic (exact) mass is 393 g/mol. The van der Waals surface area contributed by atoms with Crippen molar-refractivity contribution in [2.24, 2.45) is 0 Å². The van der Waals surface area contributed by atoms with Gasteiger partial charge in [0.15, 0.2) is 0 Å². The lowest BCUT2D eigenvalue weighted by Gasteiger charge is -2.20. The molecule has 3 rings (SSSR count). The summed E-state index contributed by atoms with van der Waals surface area (Å²) in [6.45, 7) is 0. The second kappa shape index (κ2) is 9.15. The van der Waals surface area contributed by atoms with Crippen LogP contribution < -0.4 is 14.2 Å². The summed E-state index contributed by atoms with van der Waals surface area (Å²) in [4.78, 5) is 0. The summed E-state index contributed by atoms with van der Waals surface area (Å²) >= 11 is 0. The van der Waals surface area contributed by atoms with Gasteiger partial charge < -0.3 is 18.9 Å². The Hall–Kier alpha value is -3.47. The number of carbonyl (C=O) groups excluding carboxylic acids is 1. The van der Waals surface area contributed by atoms with Gasteiger partial charge in [0.1, 0.15) is 28.6 Å². The van der Waals surface area contributed by atoms with Crippen molar-refractivity contribution in [3.63, 3.8) is 0 Å². The summed E-state index contributed by atoms with van der Waals surface area (Å²) in [6.07, 6.45) is 5.71. The Morgan fingerprint density at radius 2 is 1.45 bits per heavy atom. The maximum atomic E-state index is 5.70. The SMILES string of the molecule is COC1=CC=CC(=[O+]C)C1=C(c1ccc(OC)cc1)c1c(OC)cccc1OC. The molecule has 5 nitrogen and oxygen atoms in total. The minimum atomic E-state index is 0.683. The molecule has 0 aliphatic heterocycles. The number of ether oxygens (including phenoxy) is 4. The molecule has 0 aromatic heterocycles. The number of methoxy groups -OCH3 is 4.